The van der Waals surface area contributed by atoms with Crippen molar-refractivity contribution in [3.8, 4) is 0 Å². The van der Waals surface area contributed by atoms with E-state index in [9.17, 15) is 0 Å². The molecule has 0 aromatic carbocycles. The molecule has 42 valence electrons. The first-order valence-electron chi connectivity index (χ1n) is 2.01. The summed E-state index contributed by atoms with van der Waals surface area (Å²) in [6.45, 7) is 1.92. The summed E-state index contributed by atoms with van der Waals surface area (Å²) in [5.41, 5.74) is 5.93. The lowest BCUT2D eigenvalue weighted by Crippen LogP contribution is -1.94. The highest BCUT2D eigenvalue weighted by Crippen LogP contribution is 2.10. The molecule has 0 spiro atoms. The normalized spacial score (nSPS) is 13.6. The SMILES string of the molecule is CC/C(N)=C(/S)Cl. The number of hydrogen-bond donors (Lipinski definition) is 2. The van der Waals surface area contributed by atoms with Crippen molar-refractivity contribution >= 4 is 24.2 Å². The van der Waals surface area contributed by atoms with E-state index in [1.807, 2.05) is 6.92 Å². The predicted octanol–water partition coefficient (Wildman–Crippen LogP) is 1.69. The highest BCUT2D eigenvalue weighted by molar-refractivity contribution is 7.86. The highest BCUT2D eigenvalue weighted by atomic mass is 35.5. The molecular weight excluding hydrogens is 130 g/mol. The molecule has 2 N–H and O–H groups in total. The van der Waals surface area contributed by atoms with E-state index in [1.54, 1.807) is 0 Å². The molecule has 0 atom stereocenters. The molecule has 0 aromatic rings. The van der Waals surface area contributed by atoms with Crippen LogP contribution in [-0.4, -0.2) is 0 Å². The van der Waals surface area contributed by atoms with Gasteiger partial charge in [-0.1, -0.05) is 18.5 Å². The van der Waals surface area contributed by atoms with Gasteiger partial charge in [0.25, 0.3) is 0 Å². The van der Waals surface area contributed by atoms with E-state index in [0.29, 0.717) is 10.1 Å². The third kappa shape index (κ3) is 2.83. The Bertz CT molecular complexity index is 85.7. The third-order valence-electron chi connectivity index (χ3n) is 0.646. The van der Waals surface area contributed by atoms with E-state index in [-0.39, 0.29) is 0 Å². The van der Waals surface area contributed by atoms with Gasteiger partial charge in [0, 0.05) is 5.70 Å². The predicted molar refractivity (Wildman–Crippen MR) is 36.3 cm³/mol. The fourth-order valence-corrected chi connectivity index (χ4v) is 0.438. The molecule has 3 heteroatoms. The Balaban J connectivity index is 3.72. The maximum Gasteiger partial charge on any atom is 0.0891 e. The van der Waals surface area contributed by atoms with Crippen LogP contribution >= 0.6 is 24.2 Å². The Morgan fingerprint density at radius 3 is 2.29 bits per heavy atom. The summed E-state index contributed by atoms with van der Waals surface area (Å²) < 4.78 is 0.405. The summed E-state index contributed by atoms with van der Waals surface area (Å²) in [7, 11) is 0. The molecule has 0 radical (unpaired) electrons. The van der Waals surface area contributed by atoms with E-state index < -0.39 is 0 Å². The van der Waals surface area contributed by atoms with Crippen LogP contribution in [0.5, 0.6) is 0 Å². The van der Waals surface area contributed by atoms with Crippen LogP contribution in [-0.2, 0) is 0 Å². The van der Waals surface area contributed by atoms with Crippen molar-refractivity contribution in [3.05, 3.63) is 10.1 Å². The molecule has 0 saturated carbocycles. The second-order valence-electron chi connectivity index (χ2n) is 1.17. The molecule has 0 heterocycles. The van der Waals surface area contributed by atoms with Gasteiger partial charge >= 0.3 is 0 Å². The van der Waals surface area contributed by atoms with Gasteiger partial charge in [-0.2, -0.15) is 0 Å². The van der Waals surface area contributed by atoms with Gasteiger partial charge in [-0.05, 0) is 6.42 Å². The summed E-state index contributed by atoms with van der Waals surface area (Å²) >= 11 is 9.14. The van der Waals surface area contributed by atoms with Gasteiger partial charge in [0.2, 0.25) is 0 Å². The first-order chi connectivity index (χ1) is 3.18. The molecule has 0 unspecified atom stereocenters. The average molecular weight is 138 g/mol. The number of rotatable bonds is 1. The molecule has 0 aliphatic heterocycles. The van der Waals surface area contributed by atoms with Crippen LogP contribution in [0.15, 0.2) is 10.1 Å². The Morgan fingerprint density at radius 1 is 1.86 bits per heavy atom. The number of halogens is 1. The van der Waals surface area contributed by atoms with Gasteiger partial charge in [0.15, 0.2) is 0 Å². The van der Waals surface area contributed by atoms with Crippen molar-refractivity contribution in [1.29, 1.82) is 0 Å². The number of hydrogen-bond acceptors (Lipinski definition) is 2. The van der Waals surface area contributed by atoms with Gasteiger partial charge < -0.3 is 5.73 Å². The lowest BCUT2D eigenvalue weighted by atomic mass is 10.4. The zero-order valence-electron chi connectivity index (χ0n) is 4.11. The molecule has 1 nitrogen and oxygen atoms in total. The van der Waals surface area contributed by atoms with Gasteiger partial charge in [0.1, 0.15) is 0 Å². The zero-order chi connectivity index (χ0) is 5.86. The van der Waals surface area contributed by atoms with E-state index in [4.69, 9.17) is 17.3 Å². The molecule has 0 aliphatic rings. The van der Waals surface area contributed by atoms with E-state index in [1.165, 1.54) is 0 Å². The topological polar surface area (TPSA) is 26.0 Å². The molecule has 7 heavy (non-hydrogen) atoms. The van der Waals surface area contributed by atoms with Crippen molar-refractivity contribution in [3.63, 3.8) is 0 Å². The van der Waals surface area contributed by atoms with Crippen molar-refractivity contribution in [1.82, 2.24) is 0 Å². The number of thiol groups is 1. The fourth-order valence-electron chi connectivity index (χ4n) is 0.146. The van der Waals surface area contributed by atoms with Crippen LogP contribution in [0, 0.1) is 0 Å². The van der Waals surface area contributed by atoms with Crippen LogP contribution in [0.1, 0.15) is 13.3 Å². The number of allylic oxidation sites excluding steroid dienone is 1. The number of nitrogens with two attached hydrogens (primary N) is 1. The third-order valence-corrected chi connectivity index (χ3v) is 1.18. The summed E-state index contributed by atoms with van der Waals surface area (Å²) in [5, 5.41) is 0. The van der Waals surface area contributed by atoms with E-state index in [0.717, 1.165) is 6.42 Å². The molecule has 0 aromatic heterocycles. The highest BCUT2D eigenvalue weighted by Gasteiger charge is 1.87. The van der Waals surface area contributed by atoms with Crippen LogP contribution in [0.3, 0.4) is 0 Å². The molecular formula is C4H8ClNS. The van der Waals surface area contributed by atoms with Gasteiger partial charge in [-0.15, -0.1) is 12.6 Å². The van der Waals surface area contributed by atoms with Gasteiger partial charge in [-0.25, -0.2) is 0 Å². The molecule has 0 bridgehead atoms. The van der Waals surface area contributed by atoms with Crippen molar-refractivity contribution in [2.45, 2.75) is 13.3 Å². The van der Waals surface area contributed by atoms with E-state index >= 15 is 0 Å². The summed E-state index contributed by atoms with van der Waals surface area (Å²) in [5.74, 6) is 0. The van der Waals surface area contributed by atoms with E-state index in [2.05, 4.69) is 12.6 Å². The summed E-state index contributed by atoms with van der Waals surface area (Å²) in [6, 6.07) is 0. The lowest BCUT2D eigenvalue weighted by molar-refractivity contribution is 1.07. The molecule has 0 rings (SSSR count). The second-order valence-corrected chi connectivity index (χ2v) is 2.26. The zero-order valence-corrected chi connectivity index (χ0v) is 5.76. The van der Waals surface area contributed by atoms with Crippen LogP contribution in [0.4, 0.5) is 0 Å². The maximum atomic E-state index is 5.35. The minimum Gasteiger partial charge on any atom is -0.400 e. The van der Waals surface area contributed by atoms with Crippen LogP contribution < -0.4 is 5.73 Å². The minimum absolute atomic E-state index is 0.405. The largest absolute Gasteiger partial charge is 0.400 e. The molecule has 0 aliphatic carbocycles. The Labute approximate surface area is 53.9 Å². The van der Waals surface area contributed by atoms with Crippen LogP contribution in [0.2, 0.25) is 0 Å². The van der Waals surface area contributed by atoms with Crippen molar-refractivity contribution in [2.75, 3.05) is 0 Å². The standard InChI is InChI=1S/C4H8ClNS/c1-2-3(6)4(5)7/h7H,2,6H2,1H3/b4-3-. The summed E-state index contributed by atoms with van der Waals surface area (Å²) in [6.07, 6.45) is 0.766. The minimum atomic E-state index is 0.405. The molecule has 0 saturated heterocycles. The molecule has 0 amide bonds. The smallest absolute Gasteiger partial charge is 0.0891 e. The Morgan fingerprint density at radius 2 is 2.29 bits per heavy atom. The van der Waals surface area contributed by atoms with Crippen molar-refractivity contribution < 1.29 is 0 Å². The maximum absolute atomic E-state index is 5.35. The van der Waals surface area contributed by atoms with Gasteiger partial charge in [0.05, 0.1) is 4.36 Å². The lowest BCUT2D eigenvalue weighted by Gasteiger charge is -1.91. The Kier molecular flexibility index (Phi) is 3.30. The van der Waals surface area contributed by atoms with Crippen LogP contribution in [0.25, 0.3) is 0 Å². The monoisotopic (exact) mass is 137 g/mol. The Hall–Kier alpha value is 0.180. The first kappa shape index (κ1) is 7.18. The van der Waals surface area contributed by atoms with Crippen molar-refractivity contribution in [2.24, 2.45) is 5.73 Å². The van der Waals surface area contributed by atoms with Gasteiger partial charge in [-0.3, -0.25) is 0 Å². The molecule has 0 fully saturated rings. The fraction of sp³-hybridized carbons (Fsp3) is 0.500. The quantitative estimate of drug-likeness (QED) is 0.529. The summed E-state index contributed by atoms with van der Waals surface area (Å²) in [4.78, 5) is 0. The average Bonchev–Trinajstić information content (AvgIpc) is 1.65. The first-order valence-corrected chi connectivity index (χ1v) is 2.84. The second kappa shape index (κ2) is 3.22.